The van der Waals surface area contributed by atoms with Gasteiger partial charge in [-0.3, -0.25) is 9.79 Å². The molecule has 29 heavy (non-hydrogen) atoms. The Bertz CT molecular complexity index is 1060. The van der Waals surface area contributed by atoms with Crippen LogP contribution in [0, 0.1) is 0 Å². The monoisotopic (exact) mass is 385 g/mol. The molecular weight excluding hydrogens is 362 g/mol. The molecule has 146 valence electrons. The average Bonchev–Trinajstić information content (AvgIpc) is 2.70. The first-order valence-electron chi connectivity index (χ1n) is 9.27. The number of rotatable bonds is 6. The van der Waals surface area contributed by atoms with Crippen molar-refractivity contribution in [1.82, 2.24) is 0 Å². The number of hydrogen-bond donors (Lipinski definition) is 3. The van der Waals surface area contributed by atoms with Gasteiger partial charge in [0.05, 0.1) is 11.4 Å². The molecule has 0 atom stereocenters. The summed E-state index contributed by atoms with van der Waals surface area (Å²) in [6.45, 7) is 3.67. The van der Waals surface area contributed by atoms with Crippen LogP contribution in [0.3, 0.4) is 0 Å². The first-order chi connectivity index (χ1) is 14.0. The van der Waals surface area contributed by atoms with Crippen molar-refractivity contribution in [2.24, 2.45) is 4.99 Å². The maximum atomic E-state index is 12.2. The molecule has 0 spiro atoms. The van der Waals surface area contributed by atoms with Gasteiger partial charge in [-0.15, -0.1) is 0 Å². The van der Waals surface area contributed by atoms with Gasteiger partial charge in [-0.1, -0.05) is 42.5 Å². The molecule has 0 aromatic heterocycles. The van der Waals surface area contributed by atoms with E-state index in [9.17, 15) is 9.90 Å². The van der Waals surface area contributed by atoms with Gasteiger partial charge in [-0.2, -0.15) is 0 Å². The van der Waals surface area contributed by atoms with Crippen molar-refractivity contribution >= 4 is 28.7 Å². The molecule has 5 nitrogen and oxygen atoms in total. The second-order valence-electron chi connectivity index (χ2n) is 6.54. The summed E-state index contributed by atoms with van der Waals surface area (Å²) in [7, 11) is 0. The van der Waals surface area contributed by atoms with Crippen LogP contribution in [0.5, 0.6) is 5.75 Å². The lowest BCUT2D eigenvalue weighted by molar-refractivity contribution is -0.111. The lowest BCUT2D eigenvalue weighted by Gasteiger charge is -2.11. The molecule has 0 unspecified atom stereocenters. The van der Waals surface area contributed by atoms with Crippen molar-refractivity contribution in [3.8, 4) is 5.75 Å². The van der Waals surface area contributed by atoms with E-state index in [0.29, 0.717) is 22.7 Å². The lowest BCUT2D eigenvalue weighted by Crippen LogP contribution is -2.10. The summed E-state index contributed by atoms with van der Waals surface area (Å²) in [5.74, 6) is -0.0274. The zero-order chi connectivity index (χ0) is 20.6. The van der Waals surface area contributed by atoms with E-state index in [0.717, 1.165) is 11.4 Å². The number of phenols is 1. The SMILES string of the molecule is CC(=Nc1ccccc1N/C(C)=C/C(=O)Nc1ccccc1)c1ccccc1O. The number of allylic oxidation sites excluding steroid dienone is 1. The smallest absolute Gasteiger partial charge is 0.250 e. The lowest BCUT2D eigenvalue weighted by atomic mass is 10.1. The third-order valence-electron chi connectivity index (χ3n) is 4.21. The average molecular weight is 385 g/mol. The summed E-state index contributed by atoms with van der Waals surface area (Å²) in [6, 6.07) is 23.9. The Balaban J connectivity index is 1.77. The van der Waals surface area contributed by atoms with Crippen LogP contribution >= 0.6 is 0 Å². The Kier molecular flexibility index (Phi) is 6.43. The summed E-state index contributed by atoms with van der Waals surface area (Å²) in [5.41, 5.74) is 4.27. The number of carbonyl (C=O) groups is 1. The molecule has 0 bridgehead atoms. The van der Waals surface area contributed by atoms with Gasteiger partial charge in [0.25, 0.3) is 0 Å². The van der Waals surface area contributed by atoms with Crippen molar-refractivity contribution in [2.45, 2.75) is 13.8 Å². The van der Waals surface area contributed by atoms with Gasteiger partial charge in [-0.05, 0) is 50.2 Å². The Morgan fingerprint density at radius 2 is 1.52 bits per heavy atom. The van der Waals surface area contributed by atoms with Gasteiger partial charge in [0, 0.05) is 28.7 Å². The first kappa shape index (κ1) is 19.9. The van der Waals surface area contributed by atoms with Crippen LogP contribution < -0.4 is 10.6 Å². The minimum Gasteiger partial charge on any atom is -0.507 e. The fraction of sp³-hybridized carbons (Fsp3) is 0.0833. The summed E-state index contributed by atoms with van der Waals surface area (Å²) in [5, 5.41) is 16.1. The van der Waals surface area contributed by atoms with Crippen molar-refractivity contribution < 1.29 is 9.90 Å². The normalized spacial score (nSPS) is 11.8. The number of aliphatic imine (C=N–C) groups is 1. The molecule has 3 aromatic rings. The maximum absolute atomic E-state index is 12.2. The summed E-state index contributed by atoms with van der Waals surface area (Å²) in [4.78, 5) is 16.9. The van der Waals surface area contributed by atoms with Gasteiger partial charge in [-0.25, -0.2) is 0 Å². The predicted molar refractivity (Wildman–Crippen MR) is 119 cm³/mol. The highest BCUT2D eigenvalue weighted by molar-refractivity contribution is 6.03. The molecule has 0 aliphatic rings. The van der Waals surface area contributed by atoms with Crippen LogP contribution in [0.1, 0.15) is 19.4 Å². The quantitative estimate of drug-likeness (QED) is 0.388. The third-order valence-corrected chi connectivity index (χ3v) is 4.21. The van der Waals surface area contributed by atoms with Crippen LogP contribution in [0.25, 0.3) is 0 Å². The van der Waals surface area contributed by atoms with Crippen LogP contribution in [0.2, 0.25) is 0 Å². The molecule has 0 aliphatic carbocycles. The third kappa shape index (κ3) is 5.56. The minimum absolute atomic E-state index is 0.188. The Morgan fingerprint density at radius 1 is 0.862 bits per heavy atom. The number of anilines is 2. The Hall–Kier alpha value is -3.86. The van der Waals surface area contributed by atoms with Crippen LogP contribution in [0.4, 0.5) is 17.1 Å². The number of carbonyl (C=O) groups excluding carboxylic acids is 1. The standard InChI is InChI=1S/C24H23N3O2/c1-17(16-24(29)27-19-10-4-3-5-11-19)25-21-13-7-8-14-22(21)26-18(2)20-12-6-9-15-23(20)28/h3-16,25,28H,1-2H3,(H,27,29)/b17-16+,26-18?. The fourth-order valence-corrected chi connectivity index (χ4v) is 2.84. The summed E-state index contributed by atoms with van der Waals surface area (Å²) >= 11 is 0. The Morgan fingerprint density at radius 3 is 2.28 bits per heavy atom. The largest absolute Gasteiger partial charge is 0.507 e. The summed E-state index contributed by atoms with van der Waals surface area (Å²) in [6.07, 6.45) is 1.50. The van der Waals surface area contributed by atoms with Gasteiger partial charge < -0.3 is 15.7 Å². The number of hydrogen-bond acceptors (Lipinski definition) is 4. The highest BCUT2D eigenvalue weighted by Gasteiger charge is 2.07. The molecule has 1 amide bonds. The molecule has 0 aliphatic heterocycles. The van der Waals surface area contributed by atoms with Crippen molar-refractivity contribution in [3.63, 3.8) is 0 Å². The number of nitrogens with zero attached hydrogens (tertiary/aromatic N) is 1. The number of phenolic OH excluding ortho intramolecular Hbond substituents is 1. The van der Waals surface area contributed by atoms with Gasteiger partial charge in [0.2, 0.25) is 5.91 Å². The number of aromatic hydroxyl groups is 1. The van der Waals surface area contributed by atoms with Crippen molar-refractivity contribution in [1.29, 1.82) is 0 Å². The molecule has 5 heteroatoms. The number of amides is 1. The minimum atomic E-state index is -0.215. The number of para-hydroxylation sites is 4. The molecule has 3 aromatic carbocycles. The first-order valence-corrected chi connectivity index (χ1v) is 9.27. The van der Waals surface area contributed by atoms with E-state index in [2.05, 4.69) is 15.6 Å². The number of nitrogens with one attached hydrogen (secondary N) is 2. The predicted octanol–water partition coefficient (Wildman–Crippen LogP) is 5.49. The molecule has 3 rings (SSSR count). The van der Waals surface area contributed by atoms with E-state index in [1.54, 1.807) is 12.1 Å². The molecule has 0 saturated heterocycles. The van der Waals surface area contributed by atoms with E-state index < -0.39 is 0 Å². The van der Waals surface area contributed by atoms with Crippen LogP contribution in [0.15, 0.2) is 95.6 Å². The highest BCUT2D eigenvalue weighted by Crippen LogP contribution is 2.27. The molecule has 3 N–H and O–H groups in total. The molecule has 0 heterocycles. The van der Waals surface area contributed by atoms with Gasteiger partial charge >= 0.3 is 0 Å². The summed E-state index contributed by atoms with van der Waals surface area (Å²) < 4.78 is 0. The van der Waals surface area contributed by atoms with Crippen molar-refractivity contribution in [3.05, 3.63) is 96.2 Å². The highest BCUT2D eigenvalue weighted by atomic mass is 16.3. The zero-order valence-corrected chi connectivity index (χ0v) is 16.4. The van der Waals surface area contributed by atoms with E-state index in [4.69, 9.17) is 0 Å². The second kappa shape index (κ2) is 9.37. The molecular formula is C24H23N3O2. The molecule has 0 radical (unpaired) electrons. The van der Waals surface area contributed by atoms with Crippen LogP contribution in [-0.4, -0.2) is 16.7 Å². The van der Waals surface area contributed by atoms with E-state index >= 15 is 0 Å². The second-order valence-corrected chi connectivity index (χ2v) is 6.54. The van der Waals surface area contributed by atoms with Gasteiger partial charge in [0.1, 0.15) is 5.75 Å². The molecule has 0 saturated carbocycles. The van der Waals surface area contributed by atoms with Gasteiger partial charge in [0.15, 0.2) is 0 Å². The van der Waals surface area contributed by atoms with E-state index in [1.807, 2.05) is 80.6 Å². The zero-order valence-electron chi connectivity index (χ0n) is 16.4. The topological polar surface area (TPSA) is 73.7 Å². The maximum Gasteiger partial charge on any atom is 0.250 e. The number of benzene rings is 3. The van der Waals surface area contributed by atoms with E-state index in [-0.39, 0.29) is 11.7 Å². The van der Waals surface area contributed by atoms with Crippen molar-refractivity contribution in [2.75, 3.05) is 10.6 Å². The molecule has 0 fully saturated rings. The van der Waals surface area contributed by atoms with Crippen LogP contribution in [-0.2, 0) is 4.79 Å². The Labute approximate surface area is 170 Å². The van der Waals surface area contributed by atoms with E-state index in [1.165, 1.54) is 6.08 Å². The fourth-order valence-electron chi connectivity index (χ4n) is 2.84.